The van der Waals surface area contributed by atoms with Crippen molar-refractivity contribution in [1.29, 1.82) is 0 Å². The fraction of sp³-hybridized carbons (Fsp3) is 0.211. The summed E-state index contributed by atoms with van der Waals surface area (Å²) in [5, 5.41) is 8.22. The molecule has 0 N–H and O–H groups in total. The molecule has 0 saturated carbocycles. The normalized spacial score (nSPS) is 15.7. The Balaban J connectivity index is 1.54. The molecule has 0 aliphatic heterocycles. The van der Waals surface area contributed by atoms with Gasteiger partial charge in [0.1, 0.15) is 0 Å². The van der Waals surface area contributed by atoms with Gasteiger partial charge >= 0.3 is 0 Å². The van der Waals surface area contributed by atoms with Crippen molar-refractivity contribution in [3.8, 4) is 23.0 Å². The molecule has 0 saturated heterocycles. The van der Waals surface area contributed by atoms with Crippen molar-refractivity contribution in [2.75, 3.05) is 14.2 Å². The molecule has 138 valence electrons. The summed E-state index contributed by atoms with van der Waals surface area (Å²) in [7, 11) is 3.13. The van der Waals surface area contributed by atoms with Gasteiger partial charge in [-0.15, -0.1) is 10.2 Å². The summed E-state index contributed by atoms with van der Waals surface area (Å²) in [5.74, 6) is 1.62. The van der Waals surface area contributed by atoms with E-state index in [-0.39, 0.29) is 11.0 Å². The number of Topliss-reactive ketones (excluding diaryl/α,β-unsaturated/α-hetero) is 1. The van der Waals surface area contributed by atoms with Crippen LogP contribution in [-0.2, 0) is 6.42 Å². The number of ketones is 1. The van der Waals surface area contributed by atoms with Crippen LogP contribution in [-0.4, -0.2) is 35.5 Å². The smallest absolute Gasteiger partial charge is 0.277 e. The molecule has 1 aliphatic carbocycles. The van der Waals surface area contributed by atoms with Gasteiger partial charge in [-0.05, 0) is 48.4 Å². The van der Waals surface area contributed by atoms with Gasteiger partial charge in [0, 0.05) is 15.6 Å². The highest BCUT2D eigenvalue weighted by Gasteiger charge is 2.34. The van der Waals surface area contributed by atoms with E-state index >= 15 is 0 Å². The summed E-state index contributed by atoms with van der Waals surface area (Å²) in [6.07, 6.45) is 0.579. The molecule has 1 aromatic heterocycles. The van der Waals surface area contributed by atoms with Gasteiger partial charge in [0.15, 0.2) is 17.3 Å². The van der Waals surface area contributed by atoms with Crippen molar-refractivity contribution in [3.63, 3.8) is 0 Å². The maximum Gasteiger partial charge on any atom is 0.277 e. The number of aromatic nitrogens is 2. The zero-order chi connectivity index (χ0) is 19.0. The molecule has 0 spiro atoms. The lowest BCUT2D eigenvalue weighted by atomic mass is 10.1. The van der Waals surface area contributed by atoms with E-state index in [4.69, 9.17) is 13.9 Å². The first-order chi connectivity index (χ1) is 13.1. The van der Waals surface area contributed by atoms with Crippen LogP contribution in [0.5, 0.6) is 11.5 Å². The van der Waals surface area contributed by atoms with Crippen LogP contribution in [0.1, 0.15) is 15.9 Å². The van der Waals surface area contributed by atoms with Crippen molar-refractivity contribution in [2.45, 2.75) is 16.9 Å². The van der Waals surface area contributed by atoms with Crippen LogP contribution >= 0.6 is 27.7 Å². The van der Waals surface area contributed by atoms with E-state index in [0.717, 1.165) is 15.6 Å². The van der Waals surface area contributed by atoms with Gasteiger partial charge in [0.05, 0.1) is 19.5 Å². The molecule has 6 nitrogen and oxygen atoms in total. The summed E-state index contributed by atoms with van der Waals surface area (Å²) in [5.41, 5.74) is 2.41. The maximum atomic E-state index is 12.8. The summed E-state index contributed by atoms with van der Waals surface area (Å²) in [6, 6.07) is 11.2. The van der Waals surface area contributed by atoms with Gasteiger partial charge in [-0.25, -0.2) is 0 Å². The summed E-state index contributed by atoms with van der Waals surface area (Å²) in [6.45, 7) is 0. The Hall–Kier alpha value is -2.32. The van der Waals surface area contributed by atoms with E-state index < -0.39 is 0 Å². The molecule has 0 fully saturated rings. The second kappa shape index (κ2) is 7.36. The van der Waals surface area contributed by atoms with E-state index in [9.17, 15) is 4.79 Å². The third-order valence-electron chi connectivity index (χ3n) is 4.31. The molecular formula is C19H15BrN2O4S. The van der Waals surface area contributed by atoms with Gasteiger partial charge < -0.3 is 13.9 Å². The lowest BCUT2D eigenvalue weighted by Crippen LogP contribution is -2.11. The SMILES string of the molecule is COc1cc2c(cc1OC)C(=O)[C@@H](Sc1nnc(-c3ccc(Br)cc3)o1)C2. The Morgan fingerprint density at radius 1 is 1.11 bits per heavy atom. The fourth-order valence-corrected chi connectivity index (χ4v) is 4.19. The maximum absolute atomic E-state index is 12.8. The molecule has 0 bridgehead atoms. The van der Waals surface area contributed by atoms with Crippen molar-refractivity contribution in [3.05, 3.63) is 52.0 Å². The fourth-order valence-electron chi connectivity index (χ4n) is 2.97. The van der Waals surface area contributed by atoms with Gasteiger partial charge in [0.25, 0.3) is 5.22 Å². The van der Waals surface area contributed by atoms with Crippen LogP contribution in [0.2, 0.25) is 0 Å². The minimum Gasteiger partial charge on any atom is -0.493 e. The largest absolute Gasteiger partial charge is 0.493 e. The van der Waals surface area contributed by atoms with Crippen molar-refractivity contribution >= 4 is 33.5 Å². The molecule has 4 rings (SSSR count). The highest BCUT2D eigenvalue weighted by Crippen LogP contribution is 2.39. The molecule has 27 heavy (non-hydrogen) atoms. The Morgan fingerprint density at radius 2 is 1.81 bits per heavy atom. The highest BCUT2D eigenvalue weighted by molar-refractivity contribution is 9.10. The molecule has 0 unspecified atom stereocenters. The molecule has 1 heterocycles. The number of benzene rings is 2. The average Bonchev–Trinajstić information content (AvgIpc) is 3.26. The van der Waals surface area contributed by atoms with Crippen LogP contribution in [0.25, 0.3) is 11.5 Å². The predicted molar refractivity (Wildman–Crippen MR) is 105 cm³/mol. The molecule has 2 aromatic carbocycles. The van der Waals surface area contributed by atoms with Crippen LogP contribution in [0.3, 0.4) is 0 Å². The zero-order valence-corrected chi connectivity index (χ0v) is 17.0. The number of thioether (sulfide) groups is 1. The van der Waals surface area contributed by atoms with Gasteiger partial charge in [-0.1, -0.05) is 27.7 Å². The van der Waals surface area contributed by atoms with E-state index in [1.807, 2.05) is 30.3 Å². The summed E-state index contributed by atoms with van der Waals surface area (Å²) in [4.78, 5) is 12.8. The number of nitrogens with zero attached hydrogens (tertiary/aromatic N) is 2. The standard InChI is InChI=1S/C19H15BrN2O4S/c1-24-14-7-11-8-16(17(23)13(11)9-15(14)25-2)27-19-22-21-18(26-19)10-3-5-12(20)6-4-10/h3-7,9,16H,8H2,1-2H3/t16-/m0/s1. The first kappa shape index (κ1) is 18.1. The number of carbonyl (C=O) groups is 1. The van der Waals surface area contributed by atoms with E-state index in [2.05, 4.69) is 26.1 Å². The Morgan fingerprint density at radius 3 is 2.52 bits per heavy atom. The quantitative estimate of drug-likeness (QED) is 0.574. The van der Waals surface area contributed by atoms with Gasteiger partial charge in [0.2, 0.25) is 5.89 Å². The van der Waals surface area contributed by atoms with Crippen molar-refractivity contribution in [1.82, 2.24) is 10.2 Å². The number of halogens is 1. The number of rotatable bonds is 5. The lowest BCUT2D eigenvalue weighted by Gasteiger charge is -2.09. The minimum absolute atomic E-state index is 0.0272. The first-order valence-electron chi connectivity index (χ1n) is 8.14. The van der Waals surface area contributed by atoms with Crippen molar-refractivity contribution in [2.24, 2.45) is 0 Å². The average molecular weight is 447 g/mol. The van der Waals surface area contributed by atoms with Crippen LogP contribution < -0.4 is 9.47 Å². The third kappa shape index (κ3) is 3.46. The van der Waals surface area contributed by atoms with Gasteiger partial charge in [-0.2, -0.15) is 0 Å². The van der Waals surface area contributed by atoms with E-state index in [0.29, 0.717) is 34.6 Å². The minimum atomic E-state index is -0.310. The second-order valence-corrected chi connectivity index (χ2v) is 7.99. The number of hydrogen-bond acceptors (Lipinski definition) is 7. The van der Waals surface area contributed by atoms with E-state index in [1.54, 1.807) is 20.3 Å². The molecule has 1 aliphatic rings. The topological polar surface area (TPSA) is 74.5 Å². The Labute approximate surface area is 168 Å². The number of ether oxygens (including phenoxy) is 2. The summed E-state index contributed by atoms with van der Waals surface area (Å²) >= 11 is 4.68. The molecule has 0 amide bonds. The first-order valence-corrected chi connectivity index (χ1v) is 9.81. The second-order valence-electron chi connectivity index (χ2n) is 5.92. The predicted octanol–water partition coefficient (Wildman–Crippen LogP) is 4.42. The molecule has 8 heteroatoms. The highest BCUT2D eigenvalue weighted by atomic mass is 79.9. The number of fused-ring (bicyclic) bond motifs is 1. The van der Waals surface area contributed by atoms with Gasteiger partial charge in [-0.3, -0.25) is 4.79 Å². The Bertz CT molecular complexity index is 1000. The lowest BCUT2D eigenvalue weighted by molar-refractivity contribution is 0.0999. The van der Waals surface area contributed by atoms with Crippen LogP contribution in [0.15, 0.2) is 50.5 Å². The number of hydrogen-bond donors (Lipinski definition) is 0. The molecule has 1 atom stereocenters. The molecular weight excluding hydrogens is 432 g/mol. The number of carbonyl (C=O) groups excluding carboxylic acids is 1. The monoisotopic (exact) mass is 446 g/mol. The third-order valence-corrected chi connectivity index (χ3v) is 5.87. The van der Waals surface area contributed by atoms with Crippen molar-refractivity contribution < 1.29 is 18.7 Å². The molecule has 0 radical (unpaired) electrons. The molecule has 3 aromatic rings. The summed E-state index contributed by atoms with van der Waals surface area (Å²) < 4.78 is 17.3. The van der Waals surface area contributed by atoms with Crippen LogP contribution in [0, 0.1) is 0 Å². The Kier molecular flexibility index (Phi) is 4.92. The zero-order valence-electron chi connectivity index (χ0n) is 14.6. The van der Waals surface area contributed by atoms with Crippen LogP contribution in [0.4, 0.5) is 0 Å². The van der Waals surface area contributed by atoms with E-state index in [1.165, 1.54) is 11.8 Å². The number of methoxy groups -OCH3 is 2.